The number of aliphatic hydroxyl groups is 1. The van der Waals surface area contributed by atoms with Crippen LogP contribution in [-0.4, -0.2) is 49.3 Å². The predicted molar refractivity (Wildman–Crippen MR) is 152 cm³/mol. The van der Waals surface area contributed by atoms with Crippen molar-refractivity contribution in [3.63, 3.8) is 0 Å². The van der Waals surface area contributed by atoms with E-state index >= 15 is 0 Å². The van der Waals surface area contributed by atoms with Gasteiger partial charge in [0, 0.05) is 54.2 Å². The number of benzene rings is 3. The third-order valence-corrected chi connectivity index (χ3v) is 10.8. The molecule has 41 heavy (non-hydrogen) atoms. The fraction of sp³-hybridized carbons (Fsp3) is 0.394. The van der Waals surface area contributed by atoms with Gasteiger partial charge in [-0.25, -0.2) is 0 Å². The zero-order valence-corrected chi connectivity index (χ0v) is 22.6. The second-order valence-electron chi connectivity index (χ2n) is 12.8. The maximum atomic E-state index is 13.1. The molecule has 2 aliphatic heterocycles. The fourth-order valence-electron chi connectivity index (χ4n) is 8.88. The van der Waals surface area contributed by atoms with Crippen LogP contribution in [0.1, 0.15) is 53.3 Å². The molecule has 3 aromatic carbocycles. The highest BCUT2D eigenvalue weighted by Gasteiger charge is 2.73. The van der Waals surface area contributed by atoms with Gasteiger partial charge in [0.2, 0.25) is 0 Å². The van der Waals surface area contributed by atoms with Gasteiger partial charge in [-0.3, -0.25) is 15.0 Å². The molecule has 3 aliphatic carbocycles. The normalized spacial score (nSPS) is 29.2. The van der Waals surface area contributed by atoms with Gasteiger partial charge in [-0.1, -0.05) is 36.4 Å². The molecule has 2 N–H and O–H groups in total. The van der Waals surface area contributed by atoms with Crippen molar-refractivity contribution >= 4 is 16.6 Å². The number of nitro groups is 1. The molecule has 1 saturated carbocycles. The third kappa shape index (κ3) is 2.96. The first kappa shape index (κ1) is 23.8. The lowest BCUT2D eigenvalue weighted by Gasteiger charge is -2.63. The van der Waals surface area contributed by atoms with E-state index in [1.807, 2.05) is 30.3 Å². The Balaban J connectivity index is 1.27. The zero-order chi connectivity index (χ0) is 27.7. The molecule has 1 spiro atoms. The Morgan fingerprint density at radius 2 is 1.88 bits per heavy atom. The first-order valence-corrected chi connectivity index (χ1v) is 14.7. The Morgan fingerprint density at radius 1 is 1.07 bits per heavy atom. The number of phenolic OH excluding ortho intramolecular Hbond substituents is 1. The number of non-ortho nitro benzene ring substituents is 1. The predicted octanol–water partition coefficient (Wildman–Crippen LogP) is 5.00. The number of nitrogens with zero attached hydrogens (tertiary/aromatic N) is 3. The number of nitro benzene ring substituents is 1. The van der Waals surface area contributed by atoms with E-state index in [0.29, 0.717) is 18.7 Å². The average Bonchev–Trinajstić information content (AvgIpc) is 3.64. The fourth-order valence-corrected chi connectivity index (χ4v) is 8.88. The standard InChI is InChI=1S/C33H31N3O5/c37-26-12-9-21-15-27-33(38)16-24-23-3-1-2-4-25(23)35(18-20-7-10-22(11-8-20)36(39)40)29(24)31-32(33,28(21)30(26)41-31)13-14-34(27)17-19-5-6-19/h1-4,7-12,19,27,31,37-38H,5-6,13-18H2/t27-,31-,32-,33+/m0/s1. The Bertz CT molecular complexity index is 1780. The van der Waals surface area contributed by atoms with E-state index in [-0.39, 0.29) is 22.4 Å². The van der Waals surface area contributed by atoms with Gasteiger partial charge in [-0.2, -0.15) is 0 Å². The van der Waals surface area contributed by atoms with Gasteiger partial charge < -0.3 is 19.5 Å². The molecule has 1 saturated heterocycles. The molecule has 9 rings (SSSR count). The molecule has 0 unspecified atom stereocenters. The third-order valence-electron chi connectivity index (χ3n) is 10.8. The van der Waals surface area contributed by atoms with Crippen molar-refractivity contribution in [1.29, 1.82) is 0 Å². The number of fused-ring (bicyclic) bond motifs is 4. The summed E-state index contributed by atoms with van der Waals surface area (Å²) in [6.45, 7) is 2.45. The Hall–Kier alpha value is -3.88. The molecule has 0 amide bonds. The molecule has 8 heteroatoms. The minimum absolute atomic E-state index is 0.0177. The quantitative estimate of drug-likeness (QED) is 0.268. The summed E-state index contributed by atoms with van der Waals surface area (Å²) in [6.07, 6.45) is 4.13. The second-order valence-corrected chi connectivity index (χ2v) is 12.8. The molecule has 5 aliphatic rings. The number of aromatic hydroxyl groups is 1. The molecule has 8 nitrogen and oxygen atoms in total. The monoisotopic (exact) mass is 549 g/mol. The molecule has 2 bridgehead atoms. The number of piperidine rings is 1. The van der Waals surface area contributed by atoms with Crippen LogP contribution in [0.4, 0.5) is 5.69 Å². The van der Waals surface area contributed by atoms with Crippen LogP contribution in [-0.2, 0) is 24.8 Å². The van der Waals surface area contributed by atoms with Crippen LogP contribution in [0.25, 0.3) is 10.9 Å². The number of hydrogen-bond acceptors (Lipinski definition) is 6. The van der Waals surface area contributed by atoms with Crippen LogP contribution >= 0.6 is 0 Å². The minimum atomic E-state index is -1.04. The molecule has 0 radical (unpaired) electrons. The van der Waals surface area contributed by atoms with Gasteiger partial charge in [0.15, 0.2) is 17.6 Å². The summed E-state index contributed by atoms with van der Waals surface area (Å²) >= 11 is 0. The van der Waals surface area contributed by atoms with Crippen LogP contribution in [0.3, 0.4) is 0 Å². The van der Waals surface area contributed by atoms with Crippen molar-refractivity contribution < 1.29 is 19.9 Å². The summed E-state index contributed by atoms with van der Waals surface area (Å²) in [5.74, 6) is 1.39. The van der Waals surface area contributed by atoms with Gasteiger partial charge in [-0.05, 0) is 67.0 Å². The topological polar surface area (TPSA) is 101 Å². The summed E-state index contributed by atoms with van der Waals surface area (Å²) in [4.78, 5) is 13.4. The maximum Gasteiger partial charge on any atom is 0.269 e. The van der Waals surface area contributed by atoms with Crippen molar-refractivity contribution in [2.75, 3.05) is 13.1 Å². The molecule has 2 fully saturated rings. The van der Waals surface area contributed by atoms with E-state index in [1.165, 1.54) is 18.4 Å². The molecule has 1 aromatic heterocycles. The highest BCUT2D eigenvalue weighted by molar-refractivity contribution is 5.87. The number of hydrogen-bond donors (Lipinski definition) is 2. The molecule has 4 aromatic rings. The highest BCUT2D eigenvalue weighted by Crippen LogP contribution is 2.69. The molecular weight excluding hydrogens is 518 g/mol. The second kappa shape index (κ2) is 7.89. The van der Waals surface area contributed by atoms with E-state index in [1.54, 1.807) is 18.2 Å². The Kier molecular flexibility index (Phi) is 4.58. The number of aromatic nitrogens is 1. The molecule has 3 heterocycles. The van der Waals surface area contributed by atoms with Gasteiger partial charge >= 0.3 is 0 Å². The Morgan fingerprint density at radius 3 is 2.66 bits per heavy atom. The van der Waals surface area contributed by atoms with Crippen LogP contribution in [0.5, 0.6) is 11.5 Å². The van der Waals surface area contributed by atoms with Gasteiger partial charge in [0.1, 0.15) is 0 Å². The van der Waals surface area contributed by atoms with E-state index in [0.717, 1.165) is 65.1 Å². The summed E-state index contributed by atoms with van der Waals surface area (Å²) in [7, 11) is 0. The minimum Gasteiger partial charge on any atom is -0.504 e. The van der Waals surface area contributed by atoms with E-state index in [4.69, 9.17) is 4.74 Å². The summed E-state index contributed by atoms with van der Waals surface area (Å²) in [5.41, 5.74) is 4.73. The number of phenols is 1. The molecule has 208 valence electrons. The van der Waals surface area contributed by atoms with Crippen LogP contribution in [0.15, 0.2) is 60.7 Å². The lowest BCUT2D eigenvalue weighted by molar-refractivity contribution is -0.384. The van der Waals surface area contributed by atoms with Crippen molar-refractivity contribution in [3.8, 4) is 11.5 Å². The van der Waals surface area contributed by atoms with Crippen molar-refractivity contribution in [2.45, 2.75) is 61.8 Å². The highest BCUT2D eigenvalue weighted by atomic mass is 16.6. The molecule has 4 atom stereocenters. The average molecular weight is 550 g/mol. The van der Waals surface area contributed by atoms with Crippen molar-refractivity contribution in [1.82, 2.24) is 9.47 Å². The Labute approximate surface area is 236 Å². The SMILES string of the molecule is O=[N+]([O-])c1ccc(Cn2c3c(c4ccccc42)C[C@@]2(O)[C@@H]4Cc5ccc(O)c6c5[C@@]2(CCN4CC2CC2)[C@H]3O6)cc1. The summed E-state index contributed by atoms with van der Waals surface area (Å²) in [5, 5.41) is 36.5. The van der Waals surface area contributed by atoms with E-state index < -0.39 is 17.1 Å². The smallest absolute Gasteiger partial charge is 0.269 e. The lowest BCUT2D eigenvalue weighted by atomic mass is 9.49. The van der Waals surface area contributed by atoms with Crippen LogP contribution in [0.2, 0.25) is 0 Å². The van der Waals surface area contributed by atoms with Gasteiger partial charge in [-0.15, -0.1) is 0 Å². The first-order valence-electron chi connectivity index (χ1n) is 14.7. The first-order chi connectivity index (χ1) is 19.9. The van der Waals surface area contributed by atoms with E-state index in [9.17, 15) is 20.3 Å². The van der Waals surface area contributed by atoms with Gasteiger partial charge in [0.25, 0.3) is 5.69 Å². The lowest BCUT2D eigenvalue weighted by Crippen LogP contribution is -2.74. The van der Waals surface area contributed by atoms with Crippen LogP contribution in [0, 0.1) is 16.0 Å². The largest absolute Gasteiger partial charge is 0.504 e. The number of ether oxygens (including phenoxy) is 1. The summed E-state index contributed by atoms with van der Waals surface area (Å²) in [6, 6.07) is 18.8. The maximum absolute atomic E-state index is 13.1. The number of rotatable bonds is 5. The van der Waals surface area contributed by atoms with Crippen molar-refractivity contribution in [3.05, 3.63) is 98.7 Å². The summed E-state index contributed by atoms with van der Waals surface area (Å²) < 4.78 is 9.13. The van der Waals surface area contributed by atoms with Crippen molar-refractivity contribution in [2.24, 2.45) is 5.92 Å². The van der Waals surface area contributed by atoms with Crippen LogP contribution < -0.4 is 4.74 Å². The van der Waals surface area contributed by atoms with E-state index in [2.05, 4.69) is 21.6 Å². The van der Waals surface area contributed by atoms with Gasteiger partial charge in [0.05, 0.1) is 21.6 Å². The zero-order valence-electron chi connectivity index (χ0n) is 22.6. The molecular formula is C33H31N3O5. The number of para-hydroxylation sites is 1. The number of likely N-dealkylation sites (tertiary alicyclic amines) is 1.